The number of nitrogens with two attached hydrogens (primary N) is 1. The van der Waals surface area contributed by atoms with E-state index in [1.165, 1.54) is 6.42 Å². The summed E-state index contributed by atoms with van der Waals surface area (Å²) in [5, 5.41) is 2.99. The second-order valence-corrected chi connectivity index (χ2v) is 5.72. The van der Waals surface area contributed by atoms with Crippen LogP contribution in [-0.4, -0.2) is 29.7 Å². The Hall–Kier alpha value is -1.49. The molecule has 2 saturated carbocycles. The van der Waals surface area contributed by atoms with Crippen molar-refractivity contribution in [3.63, 3.8) is 0 Å². The van der Waals surface area contributed by atoms with E-state index >= 15 is 0 Å². The maximum absolute atomic E-state index is 12.3. The Morgan fingerprint density at radius 1 is 1.58 bits per heavy atom. The standard InChI is InChI=1S/C14H21N3O2/c1-19-14(5-2-6-14)9-16-13(18)12-7-10(15)8-17(12)11-3-4-11/h7-8,11H,2-6,9,15H2,1H3,(H,16,18). The van der Waals surface area contributed by atoms with Gasteiger partial charge in [-0.2, -0.15) is 0 Å². The van der Waals surface area contributed by atoms with Crippen LogP contribution in [-0.2, 0) is 4.74 Å². The molecule has 1 heterocycles. The number of rotatable bonds is 5. The average Bonchev–Trinajstić information content (AvgIpc) is 3.11. The van der Waals surface area contributed by atoms with Crippen molar-refractivity contribution in [1.29, 1.82) is 0 Å². The summed E-state index contributed by atoms with van der Waals surface area (Å²) in [7, 11) is 1.72. The van der Waals surface area contributed by atoms with Gasteiger partial charge in [0.05, 0.1) is 11.3 Å². The van der Waals surface area contributed by atoms with Crippen LogP contribution in [0.4, 0.5) is 5.69 Å². The largest absolute Gasteiger partial charge is 0.397 e. The zero-order valence-electron chi connectivity index (χ0n) is 11.3. The second-order valence-electron chi connectivity index (χ2n) is 5.72. The molecule has 19 heavy (non-hydrogen) atoms. The lowest BCUT2D eigenvalue weighted by atomic mass is 9.80. The third-order valence-corrected chi connectivity index (χ3v) is 4.31. The minimum atomic E-state index is -0.141. The Morgan fingerprint density at radius 2 is 2.32 bits per heavy atom. The summed E-state index contributed by atoms with van der Waals surface area (Å²) in [6, 6.07) is 2.21. The van der Waals surface area contributed by atoms with Crippen molar-refractivity contribution in [2.75, 3.05) is 19.4 Å². The fourth-order valence-corrected chi connectivity index (χ4v) is 2.69. The van der Waals surface area contributed by atoms with Crippen molar-refractivity contribution >= 4 is 11.6 Å². The number of nitrogens with zero attached hydrogens (tertiary/aromatic N) is 1. The Bertz CT molecular complexity index is 481. The SMILES string of the molecule is COC1(CNC(=O)c2cc(N)cn2C2CC2)CCC1. The minimum Gasteiger partial charge on any atom is -0.397 e. The van der Waals surface area contributed by atoms with Gasteiger partial charge in [-0.15, -0.1) is 0 Å². The quantitative estimate of drug-likeness (QED) is 0.849. The van der Waals surface area contributed by atoms with E-state index in [0.29, 0.717) is 24.0 Å². The van der Waals surface area contributed by atoms with Gasteiger partial charge in [-0.1, -0.05) is 0 Å². The van der Waals surface area contributed by atoms with E-state index in [9.17, 15) is 4.79 Å². The van der Waals surface area contributed by atoms with Gasteiger partial charge in [0.15, 0.2) is 0 Å². The summed E-state index contributed by atoms with van der Waals surface area (Å²) in [5.41, 5.74) is 6.99. The summed E-state index contributed by atoms with van der Waals surface area (Å²) in [4.78, 5) is 12.3. The topological polar surface area (TPSA) is 69.3 Å². The van der Waals surface area contributed by atoms with Crippen molar-refractivity contribution in [3.05, 3.63) is 18.0 Å². The second kappa shape index (κ2) is 4.56. The monoisotopic (exact) mass is 263 g/mol. The van der Waals surface area contributed by atoms with Crippen LogP contribution in [0.25, 0.3) is 0 Å². The van der Waals surface area contributed by atoms with Crippen LogP contribution < -0.4 is 11.1 Å². The molecule has 3 rings (SSSR count). The molecular formula is C14H21N3O2. The van der Waals surface area contributed by atoms with Gasteiger partial charge >= 0.3 is 0 Å². The predicted molar refractivity (Wildman–Crippen MR) is 73.0 cm³/mol. The van der Waals surface area contributed by atoms with Gasteiger partial charge in [-0.25, -0.2) is 0 Å². The average molecular weight is 263 g/mol. The van der Waals surface area contributed by atoms with E-state index < -0.39 is 0 Å². The molecule has 1 amide bonds. The highest BCUT2D eigenvalue weighted by atomic mass is 16.5. The molecule has 2 fully saturated rings. The van der Waals surface area contributed by atoms with Crippen LogP contribution in [0.15, 0.2) is 12.3 Å². The van der Waals surface area contributed by atoms with Crippen LogP contribution in [0, 0.1) is 0 Å². The first kappa shape index (κ1) is 12.5. The molecule has 0 atom stereocenters. The van der Waals surface area contributed by atoms with Gasteiger partial charge in [-0.05, 0) is 38.2 Å². The van der Waals surface area contributed by atoms with Crippen LogP contribution in [0.5, 0.6) is 0 Å². The normalized spacial score (nSPS) is 20.9. The van der Waals surface area contributed by atoms with E-state index in [0.717, 1.165) is 25.7 Å². The molecular weight excluding hydrogens is 242 g/mol. The number of amides is 1. The highest BCUT2D eigenvalue weighted by molar-refractivity contribution is 5.94. The van der Waals surface area contributed by atoms with Gasteiger partial charge in [0, 0.05) is 25.9 Å². The molecule has 104 valence electrons. The van der Waals surface area contributed by atoms with Crippen LogP contribution in [0.2, 0.25) is 0 Å². The molecule has 5 heteroatoms. The van der Waals surface area contributed by atoms with Gasteiger partial charge in [0.25, 0.3) is 5.91 Å². The fourth-order valence-electron chi connectivity index (χ4n) is 2.69. The number of nitrogen functional groups attached to an aromatic ring is 1. The first-order chi connectivity index (χ1) is 9.13. The Labute approximate surface area is 113 Å². The molecule has 1 aromatic heterocycles. The molecule has 5 nitrogen and oxygen atoms in total. The number of hydrogen-bond donors (Lipinski definition) is 2. The van der Waals surface area contributed by atoms with Gasteiger partial charge in [-0.3, -0.25) is 4.79 Å². The molecule has 0 spiro atoms. The molecule has 2 aliphatic carbocycles. The summed E-state index contributed by atoms with van der Waals surface area (Å²) in [5.74, 6) is -0.0491. The lowest BCUT2D eigenvalue weighted by Crippen LogP contribution is -2.49. The number of aromatic nitrogens is 1. The Kier molecular flexibility index (Phi) is 3.01. The van der Waals surface area contributed by atoms with Gasteiger partial charge < -0.3 is 20.4 Å². The molecule has 1 aromatic rings. The third kappa shape index (κ3) is 2.34. The van der Waals surface area contributed by atoms with Crippen molar-refractivity contribution in [3.8, 4) is 0 Å². The maximum atomic E-state index is 12.3. The summed E-state index contributed by atoms with van der Waals surface area (Å²) < 4.78 is 7.51. The number of ether oxygens (including phenoxy) is 1. The number of methoxy groups -OCH3 is 1. The Morgan fingerprint density at radius 3 is 2.84 bits per heavy atom. The third-order valence-electron chi connectivity index (χ3n) is 4.31. The van der Waals surface area contributed by atoms with Gasteiger partial charge in [0.2, 0.25) is 0 Å². The van der Waals surface area contributed by atoms with E-state index in [-0.39, 0.29) is 11.5 Å². The van der Waals surface area contributed by atoms with E-state index in [1.807, 2.05) is 10.8 Å². The molecule has 0 saturated heterocycles. The van der Waals surface area contributed by atoms with Crippen molar-refractivity contribution < 1.29 is 9.53 Å². The maximum Gasteiger partial charge on any atom is 0.268 e. The van der Waals surface area contributed by atoms with Crippen molar-refractivity contribution in [1.82, 2.24) is 9.88 Å². The first-order valence-electron chi connectivity index (χ1n) is 6.94. The first-order valence-corrected chi connectivity index (χ1v) is 6.94. The summed E-state index contributed by atoms with van der Waals surface area (Å²) >= 11 is 0. The van der Waals surface area contributed by atoms with Crippen LogP contribution >= 0.6 is 0 Å². The highest BCUT2D eigenvalue weighted by Gasteiger charge is 2.37. The smallest absolute Gasteiger partial charge is 0.268 e. The Balaban J connectivity index is 1.67. The fraction of sp³-hybridized carbons (Fsp3) is 0.643. The molecule has 0 bridgehead atoms. The molecule has 0 aliphatic heterocycles. The predicted octanol–water partition coefficient (Wildman–Crippen LogP) is 1.70. The van der Waals surface area contributed by atoms with Crippen molar-refractivity contribution in [2.24, 2.45) is 0 Å². The lowest BCUT2D eigenvalue weighted by Gasteiger charge is -2.40. The summed E-state index contributed by atoms with van der Waals surface area (Å²) in [6.07, 6.45) is 7.36. The number of carbonyl (C=O) groups excluding carboxylic acids is 1. The van der Waals surface area contributed by atoms with Crippen LogP contribution in [0.1, 0.15) is 48.6 Å². The minimum absolute atomic E-state index is 0.0491. The van der Waals surface area contributed by atoms with E-state index in [1.54, 1.807) is 13.2 Å². The lowest BCUT2D eigenvalue weighted by molar-refractivity contribution is -0.0679. The molecule has 3 N–H and O–H groups in total. The van der Waals surface area contributed by atoms with Crippen molar-refractivity contribution in [2.45, 2.75) is 43.7 Å². The number of anilines is 1. The highest BCUT2D eigenvalue weighted by Crippen LogP contribution is 2.37. The molecule has 0 radical (unpaired) electrons. The van der Waals surface area contributed by atoms with Gasteiger partial charge in [0.1, 0.15) is 5.69 Å². The van der Waals surface area contributed by atoms with Crippen LogP contribution in [0.3, 0.4) is 0 Å². The number of carbonyl (C=O) groups is 1. The zero-order chi connectivity index (χ0) is 13.5. The molecule has 0 unspecified atom stereocenters. The van der Waals surface area contributed by atoms with E-state index in [2.05, 4.69) is 5.32 Å². The number of nitrogens with one attached hydrogen (secondary N) is 1. The molecule has 0 aromatic carbocycles. The molecule has 2 aliphatic rings. The summed E-state index contributed by atoms with van der Waals surface area (Å²) in [6.45, 7) is 0.581. The number of hydrogen-bond acceptors (Lipinski definition) is 3. The zero-order valence-corrected chi connectivity index (χ0v) is 11.3. The van der Waals surface area contributed by atoms with E-state index in [4.69, 9.17) is 10.5 Å².